The van der Waals surface area contributed by atoms with E-state index in [-0.39, 0.29) is 23.5 Å². The number of amides is 1. The van der Waals surface area contributed by atoms with E-state index in [1.807, 2.05) is 56.1 Å². The largest absolute Gasteiger partial charge is 0.497 e. The van der Waals surface area contributed by atoms with E-state index < -0.39 is 0 Å². The number of hydrogen-bond donors (Lipinski definition) is 0. The average molecular weight is 383 g/mol. The van der Waals surface area contributed by atoms with E-state index in [1.54, 1.807) is 7.11 Å². The summed E-state index contributed by atoms with van der Waals surface area (Å²) in [6.45, 7) is 9.31. The molecule has 2 heterocycles. The first kappa shape index (κ1) is 19.1. The fourth-order valence-corrected chi connectivity index (χ4v) is 5.51. The predicted molar refractivity (Wildman–Crippen MR) is 109 cm³/mol. The van der Waals surface area contributed by atoms with Gasteiger partial charge >= 0.3 is 0 Å². The van der Waals surface area contributed by atoms with Crippen molar-refractivity contribution in [3.63, 3.8) is 0 Å². The van der Waals surface area contributed by atoms with Crippen LogP contribution in [-0.4, -0.2) is 48.3 Å². The lowest BCUT2D eigenvalue weighted by Crippen LogP contribution is -2.66. The minimum absolute atomic E-state index is 0.00687. The number of nitrogens with zero attached hydrogens (tertiary/aromatic N) is 2. The Hall–Kier alpha value is -2.27. The molecule has 1 aliphatic heterocycles. The summed E-state index contributed by atoms with van der Waals surface area (Å²) in [4.78, 5) is 15.4. The maximum atomic E-state index is 13.4. The third kappa shape index (κ3) is 2.67. The van der Waals surface area contributed by atoms with Gasteiger partial charge < -0.3 is 18.9 Å². The lowest BCUT2D eigenvalue weighted by molar-refractivity contribution is -0.139. The minimum atomic E-state index is -0.00687. The Morgan fingerprint density at radius 1 is 1.25 bits per heavy atom. The van der Waals surface area contributed by atoms with Crippen LogP contribution in [0.1, 0.15) is 42.0 Å². The molecule has 150 valence electrons. The Labute approximate surface area is 167 Å². The summed E-state index contributed by atoms with van der Waals surface area (Å²) in [6, 6.07) is 10.2. The zero-order valence-electron chi connectivity index (χ0n) is 17.7. The smallest absolute Gasteiger partial charge is 0.255 e. The highest BCUT2D eigenvalue weighted by molar-refractivity contribution is 5.96. The number of methoxy groups -OCH3 is 1. The van der Waals surface area contributed by atoms with Crippen LogP contribution in [0, 0.1) is 25.2 Å². The van der Waals surface area contributed by atoms with Gasteiger partial charge in [0, 0.05) is 48.1 Å². The minimum Gasteiger partial charge on any atom is -0.497 e. The van der Waals surface area contributed by atoms with E-state index in [1.165, 1.54) is 0 Å². The van der Waals surface area contributed by atoms with Crippen molar-refractivity contribution in [3.8, 4) is 11.4 Å². The van der Waals surface area contributed by atoms with Crippen LogP contribution < -0.4 is 4.74 Å². The topological polar surface area (TPSA) is 43.7 Å². The molecule has 0 bridgehead atoms. The summed E-state index contributed by atoms with van der Waals surface area (Å²) in [6.07, 6.45) is 1.32. The van der Waals surface area contributed by atoms with Crippen LogP contribution in [-0.2, 0) is 4.74 Å². The van der Waals surface area contributed by atoms with Crippen molar-refractivity contribution >= 4 is 5.91 Å². The fourth-order valence-electron chi connectivity index (χ4n) is 5.51. The van der Waals surface area contributed by atoms with E-state index in [0.717, 1.165) is 41.4 Å². The van der Waals surface area contributed by atoms with E-state index in [9.17, 15) is 4.79 Å². The SMILES string of the molecule is COc1ccc(-n2c(C)cc(C(=O)N(C)[C@@H]3[C@@H]4CCO[C@@H]4C3(C)C)c2C)cc1. The summed E-state index contributed by atoms with van der Waals surface area (Å²) in [7, 11) is 3.61. The highest BCUT2D eigenvalue weighted by atomic mass is 16.5. The van der Waals surface area contributed by atoms with Crippen molar-refractivity contribution in [2.24, 2.45) is 11.3 Å². The molecule has 0 unspecified atom stereocenters. The molecule has 0 N–H and O–H groups in total. The third-order valence-electron chi connectivity index (χ3n) is 6.77. The summed E-state index contributed by atoms with van der Waals surface area (Å²) < 4.78 is 13.3. The Morgan fingerprint density at radius 3 is 2.57 bits per heavy atom. The predicted octanol–water partition coefficient (Wildman–Crippen LogP) is 3.99. The van der Waals surface area contributed by atoms with Crippen LogP contribution in [0.4, 0.5) is 0 Å². The number of carbonyl (C=O) groups is 1. The zero-order chi connectivity index (χ0) is 20.2. The van der Waals surface area contributed by atoms with E-state index in [4.69, 9.17) is 9.47 Å². The van der Waals surface area contributed by atoms with Crippen LogP contribution in [0.2, 0.25) is 0 Å². The number of carbonyl (C=O) groups excluding carboxylic acids is 1. The van der Waals surface area contributed by atoms with Crippen LogP contribution >= 0.6 is 0 Å². The van der Waals surface area contributed by atoms with E-state index in [2.05, 4.69) is 18.4 Å². The van der Waals surface area contributed by atoms with Gasteiger partial charge in [-0.1, -0.05) is 13.8 Å². The molecule has 4 rings (SSSR count). The molecule has 0 radical (unpaired) electrons. The Morgan fingerprint density at radius 2 is 1.93 bits per heavy atom. The maximum Gasteiger partial charge on any atom is 0.255 e. The van der Waals surface area contributed by atoms with Gasteiger partial charge in [0.2, 0.25) is 0 Å². The van der Waals surface area contributed by atoms with Crippen molar-refractivity contribution in [2.75, 3.05) is 20.8 Å². The molecule has 3 atom stereocenters. The van der Waals surface area contributed by atoms with Gasteiger partial charge in [0.1, 0.15) is 5.75 Å². The molecule has 1 saturated carbocycles. The maximum absolute atomic E-state index is 13.4. The molecule has 5 heteroatoms. The van der Waals surface area contributed by atoms with Crippen LogP contribution in [0.3, 0.4) is 0 Å². The van der Waals surface area contributed by atoms with Crippen LogP contribution in [0.5, 0.6) is 5.75 Å². The molecule has 28 heavy (non-hydrogen) atoms. The third-order valence-corrected chi connectivity index (χ3v) is 6.77. The highest BCUT2D eigenvalue weighted by Crippen LogP contribution is 2.54. The van der Waals surface area contributed by atoms with Gasteiger partial charge in [-0.05, 0) is 50.6 Å². The van der Waals surface area contributed by atoms with E-state index in [0.29, 0.717) is 5.92 Å². The quantitative estimate of drug-likeness (QED) is 0.803. The Bertz CT molecular complexity index is 897. The van der Waals surface area contributed by atoms with Crippen molar-refractivity contribution < 1.29 is 14.3 Å². The molecule has 1 amide bonds. The molecule has 2 aliphatic rings. The Balaban J connectivity index is 1.63. The first-order valence-corrected chi connectivity index (χ1v) is 9.99. The van der Waals surface area contributed by atoms with Crippen molar-refractivity contribution in [2.45, 2.75) is 46.3 Å². The molecule has 5 nitrogen and oxygen atoms in total. The molecular formula is C23H30N2O3. The van der Waals surface area contributed by atoms with Crippen LogP contribution in [0.25, 0.3) is 5.69 Å². The number of aryl methyl sites for hydroxylation is 1. The molecular weight excluding hydrogens is 352 g/mol. The number of benzene rings is 1. The molecule has 2 fully saturated rings. The summed E-state index contributed by atoms with van der Waals surface area (Å²) >= 11 is 0. The summed E-state index contributed by atoms with van der Waals surface area (Å²) in [5.41, 5.74) is 3.82. The number of rotatable bonds is 4. The van der Waals surface area contributed by atoms with Gasteiger partial charge in [-0.25, -0.2) is 0 Å². The number of fused-ring (bicyclic) bond motifs is 1. The van der Waals surface area contributed by atoms with Gasteiger partial charge in [-0.3, -0.25) is 4.79 Å². The standard InChI is InChI=1S/C23H30N2O3/c1-14-13-19(15(2)25(14)16-7-9-17(27-6)10-8-16)22(26)24(5)20-18-11-12-28-21(18)23(20,3)4/h7-10,13,18,20-21H,11-12H2,1-6H3/t18-,20+,21-/m0/s1. The summed E-state index contributed by atoms with van der Waals surface area (Å²) in [5, 5.41) is 0. The normalized spacial score (nSPS) is 25.1. The first-order chi connectivity index (χ1) is 13.3. The summed E-state index contributed by atoms with van der Waals surface area (Å²) in [5.74, 6) is 1.37. The van der Waals surface area contributed by atoms with Crippen molar-refractivity contribution in [1.82, 2.24) is 9.47 Å². The number of ether oxygens (including phenoxy) is 2. The van der Waals surface area contributed by atoms with Gasteiger partial charge in [-0.15, -0.1) is 0 Å². The van der Waals surface area contributed by atoms with E-state index >= 15 is 0 Å². The molecule has 1 aliphatic carbocycles. The monoisotopic (exact) mass is 382 g/mol. The van der Waals surface area contributed by atoms with Gasteiger partial charge in [0.15, 0.2) is 0 Å². The number of hydrogen-bond acceptors (Lipinski definition) is 3. The molecule has 1 aromatic heterocycles. The molecule has 1 saturated heterocycles. The molecule has 1 aromatic carbocycles. The Kier molecular flexibility index (Phi) is 4.53. The molecule has 2 aromatic rings. The average Bonchev–Trinajstić information content (AvgIpc) is 3.24. The lowest BCUT2D eigenvalue weighted by atomic mass is 9.56. The first-order valence-electron chi connectivity index (χ1n) is 9.99. The highest BCUT2D eigenvalue weighted by Gasteiger charge is 2.61. The second kappa shape index (κ2) is 6.66. The van der Waals surface area contributed by atoms with Crippen molar-refractivity contribution in [1.29, 1.82) is 0 Å². The lowest BCUT2D eigenvalue weighted by Gasteiger charge is -2.57. The van der Waals surface area contributed by atoms with Gasteiger partial charge in [0.25, 0.3) is 5.91 Å². The second-order valence-corrected chi connectivity index (χ2v) is 8.74. The zero-order valence-corrected chi connectivity index (χ0v) is 17.7. The van der Waals surface area contributed by atoms with Crippen LogP contribution in [0.15, 0.2) is 30.3 Å². The fraction of sp³-hybridized carbons (Fsp3) is 0.522. The van der Waals surface area contributed by atoms with Crippen molar-refractivity contribution in [3.05, 3.63) is 47.3 Å². The second-order valence-electron chi connectivity index (χ2n) is 8.74. The van der Waals surface area contributed by atoms with Gasteiger partial charge in [0.05, 0.1) is 18.8 Å². The molecule has 0 spiro atoms. The van der Waals surface area contributed by atoms with Gasteiger partial charge in [-0.2, -0.15) is 0 Å². The number of aromatic nitrogens is 1.